The monoisotopic (exact) mass is 275 g/mol. The number of aromatic nitrogens is 5. The Labute approximate surface area is 118 Å². The van der Waals surface area contributed by atoms with Gasteiger partial charge in [0, 0.05) is 19.2 Å². The minimum atomic E-state index is 0.595. The van der Waals surface area contributed by atoms with E-state index in [1.54, 1.807) is 6.33 Å². The Hall–Kier alpha value is -2.18. The molecule has 0 spiro atoms. The highest BCUT2D eigenvalue weighted by Crippen LogP contribution is 2.12. The molecule has 0 aliphatic heterocycles. The smallest absolute Gasteiger partial charge is 0.152 e. The predicted octanol–water partition coefficient (Wildman–Crippen LogP) is 1.83. The summed E-state index contributed by atoms with van der Waals surface area (Å²) in [6.07, 6.45) is 2.79. The molecule has 7 heteroatoms. The van der Waals surface area contributed by atoms with Crippen molar-refractivity contribution in [2.75, 3.05) is 17.2 Å². The number of rotatable bonds is 7. The highest BCUT2D eigenvalue weighted by molar-refractivity contribution is 5.47. The van der Waals surface area contributed by atoms with Crippen molar-refractivity contribution in [3.63, 3.8) is 0 Å². The highest BCUT2D eigenvalue weighted by atomic mass is 15.3. The van der Waals surface area contributed by atoms with E-state index < -0.39 is 0 Å². The molecule has 0 aliphatic rings. The molecule has 2 aromatic rings. The largest absolute Gasteiger partial charge is 0.370 e. The van der Waals surface area contributed by atoms with Crippen LogP contribution in [-0.2, 0) is 13.1 Å². The van der Waals surface area contributed by atoms with Crippen LogP contribution in [0.25, 0.3) is 0 Å². The van der Waals surface area contributed by atoms with E-state index in [1.165, 1.54) is 0 Å². The van der Waals surface area contributed by atoms with Gasteiger partial charge in [-0.3, -0.25) is 0 Å². The molecule has 20 heavy (non-hydrogen) atoms. The molecule has 0 aromatic carbocycles. The highest BCUT2D eigenvalue weighted by Gasteiger charge is 2.05. The molecule has 0 unspecified atom stereocenters. The van der Waals surface area contributed by atoms with Crippen molar-refractivity contribution in [1.82, 2.24) is 24.7 Å². The molecule has 108 valence electrons. The van der Waals surface area contributed by atoms with Gasteiger partial charge >= 0.3 is 0 Å². The van der Waals surface area contributed by atoms with E-state index in [4.69, 9.17) is 0 Å². The van der Waals surface area contributed by atoms with Crippen LogP contribution in [0.15, 0.2) is 12.4 Å². The third-order valence-corrected chi connectivity index (χ3v) is 2.86. The van der Waals surface area contributed by atoms with E-state index in [1.807, 2.05) is 17.6 Å². The fourth-order valence-electron chi connectivity index (χ4n) is 1.85. The summed E-state index contributed by atoms with van der Waals surface area (Å²) in [4.78, 5) is 8.73. The van der Waals surface area contributed by atoms with Crippen LogP contribution in [0.3, 0.4) is 0 Å². The van der Waals surface area contributed by atoms with Crippen molar-refractivity contribution in [2.45, 2.75) is 40.3 Å². The number of anilines is 2. The van der Waals surface area contributed by atoms with Gasteiger partial charge in [-0.1, -0.05) is 6.92 Å². The second-order valence-corrected chi connectivity index (χ2v) is 4.50. The third kappa shape index (κ3) is 3.66. The minimum absolute atomic E-state index is 0.595. The van der Waals surface area contributed by atoms with E-state index in [0.717, 1.165) is 42.8 Å². The van der Waals surface area contributed by atoms with Gasteiger partial charge in [-0.05, 0) is 20.3 Å². The van der Waals surface area contributed by atoms with Gasteiger partial charge in [0.25, 0.3) is 0 Å². The summed E-state index contributed by atoms with van der Waals surface area (Å²) in [5.41, 5.74) is 0. The molecule has 0 radical (unpaired) electrons. The number of hydrogen-bond donors (Lipinski definition) is 2. The van der Waals surface area contributed by atoms with Gasteiger partial charge in [-0.2, -0.15) is 0 Å². The van der Waals surface area contributed by atoms with Crippen LogP contribution in [0.5, 0.6) is 0 Å². The Morgan fingerprint density at radius 1 is 1.15 bits per heavy atom. The molecule has 0 aliphatic carbocycles. The Bertz CT molecular complexity index is 549. The van der Waals surface area contributed by atoms with Gasteiger partial charge in [-0.15, -0.1) is 10.2 Å². The topological polar surface area (TPSA) is 80.5 Å². The molecule has 0 amide bonds. The van der Waals surface area contributed by atoms with Crippen molar-refractivity contribution < 1.29 is 0 Å². The zero-order chi connectivity index (χ0) is 14.4. The van der Waals surface area contributed by atoms with E-state index in [-0.39, 0.29) is 0 Å². The van der Waals surface area contributed by atoms with Crippen LogP contribution in [0.1, 0.15) is 31.9 Å². The lowest BCUT2D eigenvalue weighted by Gasteiger charge is -2.09. The summed E-state index contributed by atoms with van der Waals surface area (Å²) in [7, 11) is 0. The van der Waals surface area contributed by atoms with Crippen LogP contribution in [0.4, 0.5) is 11.6 Å². The molecule has 0 bridgehead atoms. The molecule has 0 saturated carbocycles. The predicted molar refractivity (Wildman–Crippen MR) is 78.6 cm³/mol. The summed E-state index contributed by atoms with van der Waals surface area (Å²) < 4.78 is 2.00. The van der Waals surface area contributed by atoms with Crippen molar-refractivity contribution in [1.29, 1.82) is 0 Å². The van der Waals surface area contributed by atoms with Crippen LogP contribution in [0.2, 0.25) is 0 Å². The first-order valence-corrected chi connectivity index (χ1v) is 6.93. The van der Waals surface area contributed by atoms with Crippen molar-refractivity contribution in [3.8, 4) is 0 Å². The lowest BCUT2D eigenvalue weighted by Crippen LogP contribution is -2.10. The average molecular weight is 275 g/mol. The SMILES string of the molecule is CCCNc1cc(NCc2nncn2CC)nc(C)n1. The molecular weight excluding hydrogens is 254 g/mol. The maximum atomic E-state index is 4.38. The van der Waals surface area contributed by atoms with Crippen molar-refractivity contribution in [3.05, 3.63) is 24.0 Å². The summed E-state index contributed by atoms with van der Waals surface area (Å²) in [5, 5.41) is 14.5. The fourth-order valence-corrected chi connectivity index (χ4v) is 1.85. The molecule has 0 atom stereocenters. The zero-order valence-electron chi connectivity index (χ0n) is 12.2. The quantitative estimate of drug-likeness (QED) is 0.802. The number of nitrogens with one attached hydrogen (secondary N) is 2. The summed E-state index contributed by atoms with van der Waals surface area (Å²) in [6, 6.07) is 1.91. The van der Waals surface area contributed by atoms with Crippen LogP contribution >= 0.6 is 0 Å². The van der Waals surface area contributed by atoms with Crippen molar-refractivity contribution >= 4 is 11.6 Å². The maximum absolute atomic E-state index is 4.38. The van der Waals surface area contributed by atoms with Gasteiger partial charge in [0.05, 0.1) is 6.54 Å². The molecular formula is C13H21N7. The summed E-state index contributed by atoms with van der Waals surface area (Å²) >= 11 is 0. The average Bonchev–Trinajstić information content (AvgIpc) is 2.90. The minimum Gasteiger partial charge on any atom is -0.370 e. The Morgan fingerprint density at radius 3 is 2.60 bits per heavy atom. The first-order chi connectivity index (χ1) is 9.72. The van der Waals surface area contributed by atoms with Gasteiger partial charge in [0.15, 0.2) is 5.82 Å². The van der Waals surface area contributed by atoms with E-state index in [9.17, 15) is 0 Å². The number of nitrogens with zero attached hydrogens (tertiary/aromatic N) is 5. The van der Waals surface area contributed by atoms with Gasteiger partial charge in [0.1, 0.15) is 23.8 Å². The lowest BCUT2D eigenvalue weighted by molar-refractivity contribution is 0.707. The summed E-state index contributed by atoms with van der Waals surface area (Å²) in [6.45, 7) is 8.43. The molecule has 7 nitrogen and oxygen atoms in total. The van der Waals surface area contributed by atoms with Gasteiger partial charge in [-0.25, -0.2) is 9.97 Å². The van der Waals surface area contributed by atoms with E-state index in [2.05, 4.69) is 44.6 Å². The molecule has 0 fully saturated rings. The second kappa shape index (κ2) is 6.83. The fraction of sp³-hybridized carbons (Fsp3) is 0.538. The number of aryl methyl sites for hydroxylation is 2. The standard InChI is InChI=1S/C13H21N7/c1-4-6-14-11-7-12(18-10(3)17-11)15-8-13-19-16-9-20(13)5-2/h7,9H,4-6,8H2,1-3H3,(H2,14,15,17,18). The third-order valence-electron chi connectivity index (χ3n) is 2.86. The molecule has 2 rings (SSSR count). The molecule has 2 heterocycles. The normalized spacial score (nSPS) is 10.6. The molecule has 0 saturated heterocycles. The summed E-state index contributed by atoms with van der Waals surface area (Å²) in [5.74, 6) is 3.28. The van der Waals surface area contributed by atoms with Crippen LogP contribution < -0.4 is 10.6 Å². The lowest BCUT2D eigenvalue weighted by atomic mass is 10.4. The zero-order valence-corrected chi connectivity index (χ0v) is 12.2. The molecule has 2 aromatic heterocycles. The second-order valence-electron chi connectivity index (χ2n) is 4.50. The van der Waals surface area contributed by atoms with Crippen molar-refractivity contribution in [2.24, 2.45) is 0 Å². The van der Waals surface area contributed by atoms with Crippen LogP contribution in [0, 0.1) is 6.92 Å². The van der Waals surface area contributed by atoms with E-state index >= 15 is 0 Å². The van der Waals surface area contributed by atoms with Gasteiger partial charge < -0.3 is 15.2 Å². The number of hydrogen-bond acceptors (Lipinski definition) is 6. The van der Waals surface area contributed by atoms with Gasteiger partial charge in [0.2, 0.25) is 0 Å². The molecule has 2 N–H and O–H groups in total. The first-order valence-electron chi connectivity index (χ1n) is 6.93. The van der Waals surface area contributed by atoms with Crippen LogP contribution in [-0.4, -0.2) is 31.3 Å². The maximum Gasteiger partial charge on any atom is 0.152 e. The van der Waals surface area contributed by atoms with E-state index in [0.29, 0.717) is 6.54 Å². The Kier molecular flexibility index (Phi) is 4.86. The Balaban J connectivity index is 2.03. The Morgan fingerprint density at radius 2 is 1.90 bits per heavy atom. The first kappa shape index (κ1) is 14.2.